The van der Waals surface area contributed by atoms with Gasteiger partial charge in [-0.15, -0.1) is 0 Å². The molecule has 2 fully saturated rings. The van der Waals surface area contributed by atoms with Gasteiger partial charge in [-0.25, -0.2) is 0 Å². The van der Waals surface area contributed by atoms with Gasteiger partial charge in [0, 0.05) is 0 Å². The maximum atomic E-state index is 5.22. The van der Waals surface area contributed by atoms with Crippen LogP contribution >= 0.6 is 9.90 Å². The van der Waals surface area contributed by atoms with Crippen molar-refractivity contribution < 1.29 is 4.74 Å². The van der Waals surface area contributed by atoms with Crippen molar-refractivity contribution in [1.82, 2.24) is 0 Å². The second-order valence-electron chi connectivity index (χ2n) is 2.79. The van der Waals surface area contributed by atoms with Crippen LogP contribution in [0.15, 0.2) is 0 Å². The zero-order valence-electron chi connectivity index (χ0n) is 5.26. The number of fused-ring (bicyclic) bond motifs is 1. The van der Waals surface area contributed by atoms with Gasteiger partial charge in [-0.3, -0.25) is 0 Å². The van der Waals surface area contributed by atoms with Gasteiger partial charge < -0.3 is 4.74 Å². The lowest BCUT2D eigenvalue weighted by atomic mass is 10.1. The molecule has 1 aliphatic heterocycles. The zero-order valence-corrected chi connectivity index (χ0v) is 6.68. The molecule has 0 aromatic heterocycles. The van der Waals surface area contributed by atoms with Crippen LogP contribution in [0.4, 0.5) is 0 Å². The quantitative estimate of drug-likeness (QED) is 0.357. The van der Waals surface area contributed by atoms with Crippen LogP contribution in [0.5, 0.6) is 0 Å². The first-order valence-electron chi connectivity index (χ1n) is 3.02. The summed E-state index contributed by atoms with van der Waals surface area (Å²) in [5.74, 6) is 0.948. The molecule has 3 unspecified atom stereocenters. The van der Waals surface area contributed by atoms with Crippen molar-refractivity contribution in [3.05, 3.63) is 0 Å². The van der Waals surface area contributed by atoms with Crippen LogP contribution < -0.4 is 0 Å². The second kappa shape index (κ2) is 1.97. The van der Waals surface area contributed by atoms with Crippen molar-refractivity contribution in [3.8, 4) is 0 Å². The van der Waals surface area contributed by atoms with Gasteiger partial charge in [-0.05, 0) is 18.8 Å². The fraction of sp³-hybridized carbons (Fsp3) is 1.00. The van der Waals surface area contributed by atoms with Crippen LogP contribution in [-0.4, -0.2) is 12.2 Å². The molecule has 2 aliphatic rings. The minimum Gasteiger partial charge on any atom is -0.370 e. The molecule has 0 amide bonds. The largest absolute Gasteiger partial charge is 0.370 e. The molecule has 1 saturated heterocycles. The average Bonchev–Trinajstić information content (AvgIpc) is 2.15. The molecule has 1 nitrogen and oxygen atoms in total. The molecule has 0 N–H and O–H groups in total. The molecule has 0 aromatic carbocycles. The fourth-order valence-electron chi connectivity index (χ4n) is 1.48. The topological polar surface area (TPSA) is 12.5 Å². The van der Waals surface area contributed by atoms with E-state index in [0.29, 0.717) is 12.2 Å². The van der Waals surface area contributed by atoms with E-state index in [1.165, 1.54) is 12.8 Å². The smallest absolute Gasteiger partial charge is 0.0844 e. The summed E-state index contributed by atoms with van der Waals surface area (Å²) in [7, 11) is 0. The third-order valence-corrected chi connectivity index (χ3v) is 1.96. The van der Waals surface area contributed by atoms with Crippen molar-refractivity contribution in [2.45, 2.75) is 32.0 Å². The summed E-state index contributed by atoms with van der Waals surface area (Å²) in [4.78, 5) is 0. The van der Waals surface area contributed by atoms with Crippen molar-refractivity contribution in [3.63, 3.8) is 0 Å². The summed E-state index contributed by atoms with van der Waals surface area (Å²) in [6.07, 6.45) is 4.03. The number of ether oxygens (including phenoxy) is 1. The predicted molar refractivity (Wildman–Crippen MR) is 38.2 cm³/mol. The Morgan fingerprint density at radius 2 is 1.75 bits per heavy atom. The molecule has 2 heteroatoms. The van der Waals surface area contributed by atoms with Crippen molar-refractivity contribution in [2.75, 3.05) is 0 Å². The highest BCUT2D eigenvalue weighted by Gasteiger charge is 2.45. The van der Waals surface area contributed by atoms with Gasteiger partial charge in [-0.2, -0.15) is 9.90 Å². The lowest BCUT2D eigenvalue weighted by molar-refractivity contribution is 0.283. The standard InChI is InChI=1S/C6H10O.H3P/c1-4-2-5-6(3-4)7-5;/h4-6H,2-3H2,1H3;1H3. The number of epoxide rings is 1. The van der Waals surface area contributed by atoms with Gasteiger partial charge in [0.1, 0.15) is 0 Å². The van der Waals surface area contributed by atoms with E-state index in [2.05, 4.69) is 6.92 Å². The first-order chi connectivity index (χ1) is 3.36. The van der Waals surface area contributed by atoms with E-state index >= 15 is 0 Å². The third-order valence-electron chi connectivity index (χ3n) is 1.96. The van der Waals surface area contributed by atoms with Gasteiger partial charge in [-0.1, -0.05) is 6.92 Å². The van der Waals surface area contributed by atoms with E-state index in [1.807, 2.05) is 0 Å². The Kier molecular flexibility index (Phi) is 1.60. The number of rotatable bonds is 0. The van der Waals surface area contributed by atoms with Crippen LogP contribution in [0.25, 0.3) is 0 Å². The van der Waals surface area contributed by atoms with Gasteiger partial charge in [0.05, 0.1) is 12.2 Å². The van der Waals surface area contributed by atoms with E-state index in [-0.39, 0.29) is 9.90 Å². The molecule has 1 aliphatic carbocycles. The van der Waals surface area contributed by atoms with E-state index in [1.54, 1.807) is 0 Å². The zero-order chi connectivity index (χ0) is 4.85. The van der Waals surface area contributed by atoms with Gasteiger partial charge >= 0.3 is 0 Å². The Labute approximate surface area is 53.4 Å². The lowest BCUT2D eigenvalue weighted by Crippen LogP contribution is -1.90. The average molecular weight is 132 g/mol. The summed E-state index contributed by atoms with van der Waals surface area (Å²) in [6.45, 7) is 2.30. The highest BCUT2D eigenvalue weighted by atomic mass is 31.0. The van der Waals surface area contributed by atoms with Crippen molar-refractivity contribution in [2.24, 2.45) is 5.92 Å². The Morgan fingerprint density at radius 1 is 1.25 bits per heavy atom. The molecule has 2 rings (SSSR count). The third kappa shape index (κ3) is 0.897. The molecule has 48 valence electrons. The Morgan fingerprint density at radius 3 is 2.00 bits per heavy atom. The first-order valence-corrected chi connectivity index (χ1v) is 3.02. The molecule has 0 aromatic rings. The number of hydrogen-bond donors (Lipinski definition) is 0. The molecule has 1 saturated carbocycles. The maximum Gasteiger partial charge on any atom is 0.0844 e. The van der Waals surface area contributed by atoms with Gasteiger partial charge in [0.25, 0.3) is 0 Å². The monoisotopic (exact) mass is 132 g/mol. The van der Waals surface area contributed by atoms with Gasteiger partial charge in [0.2, 0.25) is 0 Å². The normalized spacial score (nSPS) is 49.9. The van der Waals surface area contributed by atoms with Gasteiger partial charge in [0.15, 0.2) is 0 Å². The van der Waals surface area contributed by atoms with Crippen molar-refractivity contribution >= 4 is 9.90 Å². The summed E-state index contributed by atoms with van der Waals surface area (Å²) in [5, 5.41) is 0. The van der Waals surface area contributed by atoms with Crippen LogP contribution in [0, 0.1) is 5.92 Å². The fourth-order valence-corrected chi connectivity index (χ4v) is 1.48. The first kappa shape index (κ1) is 6.51. The van der Waals surface area contributed by atoms with E-state index in [9.17, 15) is 0 Å². The SMILES string of the molecule is CC1CC2OC2C1.P. The Hall–Kier alpha value is 0.390. The van der Waals surface area contributed by atoms with Crippen LogP contribution in [0.2, 0.25) is 0 Å². The number of hydrogen-bond acceptors (Lipinski definition) is 1. The molecular weight excluding hydrogens is 119 g/mol. The molecule has 0 spiro atoms. The van der Waals surface area contributed by atoms with Crippen molar-refractivity contribution in [1.29, 1.82) is 0 Å². The molecule has 1 heterocycles. The molecule has 0 radical (unpaired) electrons. The Balaban J connectivity index is 0.000000320. The predicted octanol–water partition coefficient (Wildman–Crippen LogP) is 1.24. The summed E-state index contributed by atoms with van der Waals surface area (Å²) in [6, 6.07) is 0. The molecule has 3 atom stereocenters. The lowest BCUT2D eigenvalue weighted by Gasteiger charge is -1.98. The van der Waals surface area contributed by atoms with E-state index in [0.717, 1.165) is 5.92 Å². The van der Waals surface area contributed by atoms with E-state index < -0.39 is 0 Å². The maximum absolute atomic E-state index is 5.22. The minimum absolute atomic E-state index is 0. The summed E-state index contributed by atoms with van der Waals surface area (Å²) >= 11 is 0. The Bertz CT molecular complexity index is 84.5. The van der Waals surface area contributed by atoms with Crippen LogP contribution in [-0.2, 0) is 4.74 Å². The van der Waals surface area contributed by atoms with Crippen LogP contribution in [0.1, 0.15) is 19.8 Å². The van der Waals surface area contributed by atoms with Crippen LogP contribution in [0.3, 0.4) is 0 Å². The second-order valence-corrected chi connectivity index (χ2v) is 2.79. The summed E-state index contributed by atoms with van der Waals surface area (Å²) < 4.78 is 5.22. The summed E-state index contributed by atoms with van der Waals surface area (Å²) in [5.41, 5.74) is 0. The highest BCUT2D eigenvalue weighted by molar-refractivity contribution is 6.92. The highest BCUT2D eigenvalue weighted by Crippen LogP contribution is 2.41. The molecule has 8 heavy (non-hydrogen) atoms. The van der Waals surface area contributed by atoms with E-state index in [4.69, 9.17) is 4.74 Å². The molecule has 0 bridgehead atoms. The molecular formula is C6H13OP. The minimum atomic E-state index is 0.